The molecule has 0 atom stereocenters. The molecule has 0 aliphatic carbocycles. The number of para-hydroxylation sites is 2. The predicted molar refractivity (Wildman–Crippen MR) is 131 cm³/mol. The van der Waals surface area contributed by atoms with E-state index in [2.05, 4.69) is 33.9 Å². The van der Waals surface area contributed by atoms with Crippen molar-refractivity contribution < 1.29 is 5.21 Å². The predicted octanol–water partition coefficient (Wildman–Crippen LogP) is 5.95. The summed E-state index contributed by atoms with van der Waals surface area (Å²) in [6.07, 6.45) is 8.69. The van der Waals surface area contributed by atoms with Gasteiger partial charge in [0.15, 0.2) is 0 Å². The average molecular weight is 430 g/mol. The third-order valence-electron chi connectivity index (χ3n) is 5.12. The van der Waals surface area contributed by atoms with Crippen LogP contribution in [0.15, 0.2) is 91.9 Å². The molecule has 0 amide bonds. The highest BCUT2D eigenvalue weighted by molar-refractivity contribution is 5.72. The van der Waals surface area contributed by atoms with E-state index < -0.39 is 0 Å². The molecule has 0 saturated carbocycles. The molecule has 32 heavy (non-hydrogen) atoms. The Morgan fingerprint density at radius 3 is 1.94 bits per heavy atom. The minimum absolute atomic E-state index is 0.609. The molecule has 3 aromatic rings. The van der Waals surface area contributed by atoms with E-state index in [1.807, 2.05) is 78.0 Å². The van der Waals surface area contributed by atoms with Crippen LogP contribution in [0.2, 0.25) is 0 Å². The van der Waals surface area contributed by atoms with Crippen LogP contribution in [0.4, 0.5) is 17.3 Å². The Labute approximate surface area is 190 Å². The minimum Gasteiger partial charge on any atom is -0.385 e. The summed E-state index contributed by atoms with van der Waals surface area (Å²) < 4.78 is 0. The van der Waals surface area contributed by atoms with E-state index in [1.165, 1.54) is 0 Å². The number of allylic oxidation sites excluding steroid dienone is 1. The number of hydrogen-bond donors (Lipinski definition) is 3. The van der Waals surface area contributed by atoms with Gasteiger partial charge in [0.2, 0.25) is 5.95 Å². The van der Waals surface area contributed by atoms with E-state index in [1.54, 1.807) is 0 Å². The first-order chi connectivity index (χ1) is 15.7. The van der Waals surface area contributed by atoms with E-state index in [4.69, 9.17) is 5.21 Å². The first-order valence-electron chi connectivity index (χ1n) is 10.9. The molecule has 3 rings (SSSR count). The van der Waals surface area contributed by atoms with Crippen LogP contribution in [-0.4, -0.2) is 21.7 Å². The molecule has 1 heterocycles. The van der Waals surface area contributed by atoms with Crippen molar-refractivity contribution in [2.24, 2.45) is 0 Å². The summed E-state index contributed by atoms with van der Waals surface area (Å²) in [5.41, 5.74) is 6.46. The van der Waals surface area contributed by atoms with Crippen LogP contribution in [0.1, 0.15) is 37.7 Å². The van der Waals surface area contributed by atoms with Gasteiger partial charge in [-0.2, -0.15) is 0 Å². The number of rotatable bonds is 13. The van der Waals surface area contributed by atoms with Gasteiger partial charge in [-0.05, 0) is 43.5 Å². The Morgan fingerprint density at radius 1 is 0.812 bits per heavy atom. The number of aromatic nitrogens is 2. The molecule has 0 fully saturated rings. The quantitative estimate of drug-likeness (QED) is 0.230. The lowest BCUT2D eigenvalue weighted by atomic mass is 10.1. The van der Waals surface area contributed by atoms with E-state index >= 15 is 0 Å². The molecule has 2 aromatic carbocycles. The first-order valence-corrected chi connectivity index (χ1v) is 10.9. The van der Waals surface area contributed by atoms with Crippen LogP contribution < -0.4 is 15.7 Å². The maximum absolute atomic E-state index is 8.73. The molecule has 6 heteroatoms. The highest BCUT2D eigenvalue weighted by Gasteiger charge is 2.14. The molecular formula is C26H31N5O. The summed E-state index contributed by atoms with van der Waals surface area (Å²) in [6, 6.07) is 20.2. The van der Waals surface area contributed by atoms with Crippen molar-refractivity contribution in [2.45, 2.75) is 32.1 Å². The second-order valence-electron chi connectivity index (χ2n) is 7.56. The van der Waals surface area contributed by atoms with Crippen LogP contribution in [0.3, 0.4) is 0 Å². The van der Waals surface area contributed by atoms with Gasteiger partial charge in [-0.15, -0.1) is 0 Å². The highest BCUT2D eigenvalue weighted by atomic mass is 16.5. The zero-order valence-electron chi connectivity index (χ0n) is 18.4. The van der Waals surface area contributed by atoms with Crippen molar-refractivity contribution in [3.63, 3.8) is 0 Å². The zero-order valence-corrected chi connectivity index (χ0v) is 18.4. The highest BCUT2D eigenvalue weighted by Crippen LogP contribution is 2.31. The van der Waals surface area contributed by atoms with Crippen molar-refractivity contribution in [3.05, 3.63) is 97.5 Å². The normalized spacial score (nSPS) is 10.4. The van der Waals surface area contributed by atoms with Gasteiger partial charge in [-0.1, -0.05) is 62.4 Å². The Hall–Kier alpha value is -3.64. The molecule has 0 bridgehead atoms. The lowest BCUT2D eigenvalue weighted by Crippen LogP contribution is -2.15. The largest absolute Gasteiger partial charge is 0.385 e. The number of unbranched alkanes of at least 4 members (excludes halogenated alkanes) is 3. The number of benzene rings is 2. The molecule has 0 aliphatic heterocycles. The molecule has 0 radical (unpaired) electrons. The number of nitrogens with one attached hydrogen (secondary N) is 2. The van der Waals surface area contributed by atoms with Crippen molar-refractivity contribution in [1.29, 1.82) is 0 Å². The van der Waals surface area contributed by atoms with E-state index in [0.717, 1.165) is 61.3 Å². The Morgan fingerprint density at radius 2 is 1.38 bits per heavy atom. The third kappa shape index (κ3) is 6.68. The van der Waals surface area contributed by atoms with Crippen LogP contribution in [0.25, 0.3) is 5.70 Å². The van der Waals surface area contributed by atoms with Gasteiger partial charge < -0.3 is 5.32 Å². The fourth-order valence-electron chi connectivity index (χ4n) is 3.34. The second kappa shape index (κ2) is 12.3. The summed E-state index contributed by atoms with van der Waals surface area (Å²) in [5.74, 6) is 0.609. The van der Waals surface area contributed by atoms with Crippen LogP contribution in [0.5, 0.6) is 0 Å². The summed E-state index contributed by atoms with van der Waals surface area (Å²) in [4.78, 5) is 11.3. The molecule has 166 valence electrons. The monoisotopic (exact) mass is 429 g/mol. The smallest absolute Gasteiger partial charge is 0.234 e. The summed E-state index contributed by atoms with van der Waals surface area (Å²) >= 11 is 0. The lowest BCUT2D eigenvalue weighted by Gasteiger charge is -2.23. The van der Waals surface area contributed by atoms with Gasteiger partial charge in [-0.3, -0.25) is 15.6 Å². The Kier molecular flexibility index (Phi) is 8.83. The average Bonchev–Trinajstić information content (AvgIpc) is 2.85. The van der Waals surface area contributed by atoms with Crippen molar-refractivity contribution >= 4 is 23.0 Å². The Balaban J connectivity index is 1.56. The molecule has 0 saturated heterocycles. The lowest BCUT2D eigenvalue weighted by molar-refractivity contribution is 0.196. The molecule has 3 N–H and O–H groups in total. The van der Waals surface area contributed by atoms with Crippen molar-refractivity contribution in [2.75, 3.05) is 11.4 Å². The number of anilines is 3. The molecule has 0 unspecified atom stereocenters. The van der Waals surface area contributed by atoms with Crippen LogP contribution in [0, 0.1) is 0 Å². The van der Waals surface area contributed by atoms with Gasteiger partial charge >= 0.3 is 0 Å². The minimum atomic E-state index is 0.609. The van der Waals surface area contributed by atoms with E-state index in [9.17, 15) is 0 Å². The summed E-state index contributed by atoms with van der Waals surface area (Å²) in [6.45, 7) is 8.69. The number of nitrogens with zero attached hydrogens (tertiary/aromatic N) is 3. The van der Waals surface area contributed by atoms with Gasteiger partial charge in [0, 0.05) is 47.3 Å². The topological polar surface area (TPSA) is 73.3 Å². The third-order valence-corrected chi connectivity index (χ3v) is 5.12. The molecule has 6 nitrogen and oxygen atoms in total. The molecule has 0 aliphatic rings. The summed E-state index contributed by atoms with van der Waals surface area (Å²) in [7, 11) is 0. The van der Waals surface area contributed by atoms with Gasteiger partial charge in [0.05, 0.1) is 0 Å². The first kappa shape index (κ1) is 23.0. The Bertz CT molecular complexity index is 935. The van der Waals surface area contributed by atoms with E-state index in [0.29, 0.717) is 11.6 Å². The maximum atomic E-state index is 8.73. The second-order valence-corrected chi connectivity index (χ2v) is 7.56. The standard InChI is InChI=1S/C26H31N5O/c1-21(30-32)13-7-3-4-12-18-27-22(2)23-19-28-26(29-20-23)31(24-14-8-5-9-15-24)25-16-10-6-11-17-25/h5-6,8-11,14-17,19-20,27,30,32H,1-4,7,12-13,18H2. The van der Waals surface area contributed by atoms with Gasteiger partial charge in [0.25, 0.3) is 0 Å². The molecule has 0 spiro atoms. The van der Waals surface area contributed by atoms with Crippen LogP contribution in [-0.2, 0) is 0 Å². The van der Waals surface area contributed by atoms with Gasteiger partial charge in [-0.25, -0.2) is 9.97 Å². The number of hydrogen-bond acceptors (Lipinski definition) is 6. The fourth-order valence-corrected chi connectivity index (χ4v) is 3.34. The zero-order chi connectivity index (χ0) is 22.6. The van der Waals surface area contributed by atoms with E-state index in [-0.39, 0.29) is 0 Å². The molecule has 1 aromatic heterocycles. The van der Waals surface area contributed by atoms with Crippen LogP contribution >= 0.6 is 0 Å². The molecular weight excluding hydrogens is 398 g/mol. The number of hydroxylamine groups is 1. The SMILES string of the molecule is C=C(CCCCCCNC(=C)c1cnc(N(c2ccccc2)c2ccccc2)nc1)NO. The summed E-state index contributed by atoms with van der Waals surface area (Å²) in [5, 5.41) is 12.1. The van der Waals surface area contributed by atoms with Crippen molar-refractivity contribution in [1.82, 2.24) is 20.8 Å². The fraction of sp³-hybridized carbons (Fsp3) is 0.231. The van der Waals surface area contributed by atoms with Gasteiger partial charge in [0.1, 0.15) is 0 Å². The van der Waals surface area contributed by atoms with Crippen molar-refractivity contribution in [3.8, 4) is 0 Å². The maximum Gasteiger partial charge on any atom is 0.234 e.